The summed E-state index contributed by atoms with van der Waals surface area (Å²) < 4.78 is 30.9. The molecule has 0 aliphatic carbocycles. The Hall–Kier alpha value is -1.89. The molecule has 0 bridgehead atoms. The molecule has 0 unspecified atom stereocenters. The van der Waals surface area contributed by atoms with Gasteiger partial charge in [-0.25, -0.2) is 13.2 Å². The van der Waals surface area contributed by atoms with Crippen molar-refractivity contribution in [1.82, 2.24) is 4.31 Å². The zero-order valence-electron chi connectivity index (χ0n) is 12.5. The second-order valence-electron chi connectivity index (χ2n) is 4.78. The first-order chi connectivity index (χ1) is 10.9. The van der Waals surface area contributed by atoms with Crippen molar-refractivity contribution in [2.24, 2.45) is 0 Å². The van der Waals surface area contributed by atoms with Crippen LogP contribution in [0.5, 0.6) is 0 Å². The Morgan fingerprint density at radius 3 is 2.30 bits per heavy atom. The Morgan fingerprint density at radius 2 is 1.70 bits per heavy atom. The van der Waals surface area contributed by atoms with E-state index >= 15 is 0 Å². The number of sulfonamides is 1. The van der Waals surface area contributed by atoms with Crippen LogP contribution in [0.1, 0.15) is 10.4 Å². The Labute approximate surface area is 140 Å². The highest BCUT2D eigenvalue weighted by atomic mass is 35.5. The molecule has 5 nitrogen and oxygen atoms in total. The number of carbonyl (C=O) groups is 1. The number of esters is 1. The normalized spacial score (nSPS) is 11.4. The molecule has 7 heteroatoms. The van der Waals surface area contributed by atoms with Crippen LogP contribution in [-0.2, 0) is 14.8 Å². The molecular formula is C16H16ClNO4S. The number of carbonyl (C=O) groups excluding carboxylic acids is 1. The van der Waals surface area contributed by atoms with Gasteiger partial charge in [-0.3, -0.25) is 0 Å². The average molecular weight is 354 g/mol. The van der Waals surface area contributed by atoms with E-state index in [0.29, 0.717) is 10.6 Å². The number of rotatable bonds is 6. The van der Waals surface area contributed by atoms with Crippen LogP contribution in [0.2, 0.25) is 5.02 Å². The van der Waals surface area contributed by atoms with Gasteiger partial charge >= 0.3 is 5.97 Å². The zero-order chi connectivity index (χ0) is 16.9. The Morgan fingerprint density at radius 1 is 1.09 bits per heavy atom. The van der Waals surface area contributed by atoms with E-state index in [1.165, 1.54) is 31.3 Å². The molecule has 122 valence electrons. The second kappa shape index (κ2) is 7.59. The van der Waals surface area contributed by atoms with Crippen LogP contribution in [0.15, 0.2) is 59.5 Å². The highest BCUT2D eigenvalue weighted by molar-refractivity contribution is 7.89. The average Bonchev–Trinajstić information content (AvgIpc) is 2.55. The Bertz CT molecular complexity index is 760. The van der Waals surface area contributed by atoms with E-state index in [2.05, 4.69) is 0 Å². The maximum Gasteiger partial charge on any atom is 0.338 e. The molecule has 2 aromatic carbocycles. The number of benzene rings is 2. The quantitative estimate of drug-likeness (QED) is 0.749. The smallest absolute Gasteiger partial charge is 0.338 e. The molecule has 0 aromatic heterocycles. The van der Waals surface area contributed by atoms with Crippen LogP contribution in [0.4, 0.5) is 0 Å². The van der Waals surface area contributed by atoms with Crippen LogP contribution in [0, 0.1) is 0 Å². The van der Waals surface area contributed by atoms with Crippen molar-refractivity contribution in [2.75, 3.05) is 20.2 Å². The number of hydrogen-bond acceptors (Lipinski definition) is 4. The summed E-state index contributed by atoms with van der Waals surface area (Å²) in [6, 6.07) is 14.4. The van der Waals surface area contributed by atoms with Gasteiger partial charge in [0.05, 0.1) is 10.5 Å². The lowest BCUT2D eigenvalue weighted by Crippen LogP contribution is -2.30. The number of likely N-dealkylation sites (N-methyl/N-ethyl adjacent to an activating group) is 1. The van der Waals surface area contributed by atoms with E-state index in [1.54, 1.807) is 30.3 Å². The van der Waals surface area contributed by atoms with Crippen molar-refractivity contribution in [1.29, 1.82) is 0 Å². The number of ether oxygens (including phenoxy) is 1. The van der Waals surface area contributed by atoms with Crippen molar-refractivity contribution in [3.05, 3.63) is 65.2 Å². The van der Waals surface area contributed by atoms with Gasteiger partial charge in [0.2, 0.25) is 10.0 Å². The molecule has 0 heterocycles. The van der Waals surface area contributed by atoms with E-state index in [9.17, 15) is 13.2 Å². The molecule has 2 aromatic rings. The minimum absolute atomic E-state index is 0.0307. The molecule has 23 heavy (non-hydrogen) atoms. The molecule has 0 aliphatic heterocycles. The molecule has 0 saturated heterocycles. The van der Waals surface area contributed by atoms with Gasteiger partial charge in [0.1, 0.15) is 6.61 Å². The summed E-state index contributed by atoms with van der Waals surface area (Å²) in [5, 5.41) is 0.461. The van der Waals surface area contributed by atoms with E-state index in [4.69, 9.17) is 16.3 Å². The third kappa shape index (κ3) is 4.54. The lowest BCUT2D eigenvalue weighted by atomic mass is 10.2. The van der Waals surface area contributed by atoms with E-state index in [0.717, 1.165) is 4.31 Å². The molecular weight excluding hydrogens is 338 g/mol. The van der Waals surface area contributed by atoms with Gasteiger partial charge in [-0.15, -0.1) is 0 Å². The van der Waals surface area contributed by atoms with Gasteiger partial charge in [-0.05, 0) is 36.4 Å². The topological polar surface area (TPSA) is 63.7 Å². The van der Waals surface area contributed by atoms with Gasteiger partial charge in [-0.2, -0.15) is 4.31 Å². The van der Waals surface area contributed by atoms with Crippen LogP contribution in [0.25, 0.3) is 0 Å². The molecule has 0 radical (unpaired) electrons. The molecule has 0 aliphatic rings. The number of halogens is 1. The monoisotopic (exact) mass is 353 g/mol. The van der Waals surface area contributed by atoms with Crippen molar-refractivity contribution < 1.29 is 17.9 Å². The van der Waals surface area contributed by atoms with Crippen LogP contribution < -0.4 is 0 Å². The van der Waals surface area contributed by atoms with Crippen molar-refractivity contribution in [3.8, 4) is 0 Å². The van der Waals surface area contributed by atoms with Crippen molar-refractivity contribution >= 4 is 27.6 Å². The van der Waals surface area contributed by atoms with E-state index < -0.39 is 16.0 Å². The van der Waals surface area contributed by atoms with Gasteiger partial charge < -0.3 is 4.74 Å². The van der Waals surface area contributed by atoms with Gasteiger partial charge in [0, 0.05) is 18.6 Å². The maximum atomic E-state index is 12.3. The first-order valence-corrected chi connectivity index (χ1v) is 8.67. The lowest BCUT2D eigenvalue weighted by Gasteiger charge is -2.17. The zero-order valence-corrected chi connectivity index (χ0v) is 14.0. The summed E-state index contributed by atoms with van der Waals surface area (Å²) in [5.74, 6) is -0.483. The second-order valence-corrected chi connectivity index (χ2v) is 7.26. The summed E-state index contributed by atoms with van der Waals surface area (Å²) >= 11 is 5.75. The predicted molar refractivity (Wildman–Crippen MR) is 88.0 cm³/mol. The molecule has 2 rings (SSSR count). The van der Waals surface area contributed by atoms with Crippen LogP contribution in [-0.4, -0.2) is 38.9 Å². The van der Waals surface area contributed by atoms with E-state index in [1.807, 2.05) is 0 Å². The Kier molecular flexibility index (Phi) is 5.76. The Balaban J connectivity index is 1.93. The lowest BCUT2D eigenvalue weighted by molar-refractivity contribution is 0.0494. The fourth-order valence-corrected chi connectivity index (χ4v) is 3.11. The number of hydrogen-bond donors (Lipinski definition) is 0. The third-order valence-corrected chi connectivity index (χ3v) is 5.29. The first-order valence-electron chi connectivity index (χ1n) is 6.85. The minimum Gasteiger partial charge on any atom is -0.461 e. The molecule has 0 saturated carbocycles. The van der Waals surface area contributed by atoms with E-state index in [-0.39, 0.29) is 18.0 Å². The maximum absolute atomic E-state index is 12.3. The highest BCUT2D eigenvalue weighted by Gasteiger charge is 2.20. The minimum atomic E-state index is -3.63. The summed E-state index contributed by atoms with van der Waals surface area (Å²) in [6.45, 7) is 0.0284. The van der Waals surface area contributed by atoms with Crippen LogP contribution >= 0.6 is 11.6 Å². The molecule has 0 N–H and O–H groups in total. The van der Waals surface area contributed by atoms with Gasteiger partial charge in [0.25, 0.3) is 0 Å². The van der Waals surface area contributed by atoms with Crippen molar-refractivity contribution in [3.63, 3.8) is 0 Å². The summed E-state index contributed by atoms with van der Waals surface area (Å²) in [5.41, 5.74) is 0.427. The summed E-state index contributed by atoms with van der Waals surface area (Å²) in [7, 11) is -2.20. The third-order valence-electron chi connectivity index (χ3n) is 3.17. The van der Waals surface area contributed by atoms with Gasteiger partial charge in [0.15, 0.2) is 0 Å². The van der Waals surface area contributed by atoms with Crippen molar-refractivity contribution in [2.45, 2.75) is 4.90 Å². The first kappa shape index (κ1) is 17.5. The SMILES string of the molecule is CN(CCOC(=O)c1ccccc1)S(=O)(=O)c1ccc(Cl)cc1. The summed E-state index contributed by atoms with van der Waals surface area (Å²) in [4.78, 5) is 11.9. The predicted octanol–water partition coefficient (Wildman–Crippen LogP) is 2.82. The fraction of sp³-hybridized carbons (Fsp3) is 0.188. The van der Waals surface area contributed by atoms with Gasteiger partial charge in [-0.1, -0.05) is 29.8 Å². The largest absolute Gasteiger partial charge is 0.461 e. The molecule has 0 atom stereocenters. The summed E-state index contributed by atoms with van der Waals surface area (Å²) in [6.07, 6.45) is 0. The standard InChI is InChI=1S/C16H16ClNO4S/c1-18(23(20,21)15-9-7-14(17)8-10-15)11-12-22-16(19)13-5-3-2-4-6-13/h2-10H,11-12H2,1H3. The number of nitrogens with zero attached hydrogens (tertiary/aromatic N) is 1. The van der Waals surface area contributed by atoms with Crippen LogP contribution in [0.3, 0.4) is 0 Å². The molecule has 0 fully saturated rings. The highest BCUT2D eigenvalue weighted by Crippen LogP contribution is 2.17. The fourth-order valence-electron chi connectivity index (χ4n) is 1.83. The molecule has 0 amide bonds. The molecule has 0 spiro atoms.